The maximum absolute atomic E-state index is 11.8. The second kappa shape index (κ2) is 6.13. The SMILES string of the molecule is CC(C)(C)[Si](C)(C)O[C@H]1C[C@H](N2C(=O)NC(=O)C2O)O[C@@H]1CO. The van der Waals surface area contributed by atoms with Crippen LogP contribution in [0.15, 0.2) is 0 Å². The molecule has 0 aromatic carbocycles. The second-order valence-corrected chi connectivity index (χ2v) is 12.3. The minimum atomic E-state index is -2.08. The van der Waals surface area contributed by atoms with Crippen molar-refractivity contribution in [2.75, 3.05) is 6.61 Å². The van der Waals surface area contributed by atoms with Gasteiger partial charge in [-0.2, -0.15) is 0 Å². The summed E-state index contributed by atoms with van der Waals surface area (Å²) in [5, 5.41) is 21.4. The molecule has 2 heterocycles. The van der Waals surface area contributed by atoms with Gasteiger partial charge < -0.3 is 19.4 Å². The van der Waals surface area contributed by atoms with Crippen LogP contribution in [0.4, 0.5) is 4.79 Å². The number of nitrogens with one attached hydrogen (secondary N) is 1. The predicted octanol–water partition coefficient (Wildman–Crippen LogP) is 0.354. The molecule has 2 aliphatic heterocycles. The van der Waals surface area contributed by atoms with E-state index in [2.05, 4.69) is 33.9 Å². The fraction of sp³-hybridized carbons (Fsp3) is 0.857. The average molecular weight is 346 g/mol. The third-order valence-corrected chi connectivity index (χ3v) is 9.39. The number of aliphatic hydroxyl groups excluding tert-OH is 2. The molecule has 0 saturated carbocycles. The van der Waals surface area contributed by atoms with Crippen molar-refractivity contribution in [3.63, 3.8) is 0 Å². The summed E-state index contributed by atoms with van der Waals surface area (Å²) in [7, 11) is -2.08. The molecule has 8 nitrogen and oxygen atoms in total. The molecule has 23 heavy (non-hydrogen) atoms. The van der Waals surface area contributed by atoms with Crippen LogP contribution in [-0.4, -0.2) is 66.6 Å². The number of carbonyl (C=O) groups excluding carboxylic acids is 2. The Morgan fingerprint density at radius 2 is 2.00 bits per heavy atom. The fourth-order valence-electron chi connectivity index (χ4n) is 2.47. The highest BCUT2D eigenvalue weighted by atomic mass is 28.4. The molecule has 3 N–H and O–H groups in total. The Morgan fingerprint density at radius 3 is 2.43 bits per heavy atom. The van der Waals surface area contributed by atoms with E-state index in [1.165, 1.54) is 0 Å². The van der Waals surface area contributed by atoms with Gasteiger partial charge in [-0.1, -0.05) is 20.8 Å². The van der Waals surface area contributed by atoms with Crippen LogP contribution in [0.5, 0.6) is 0 Å². The molecule has 0 aromatic rings. The summed E-state index contributed by atoms with van der Waals surface area (Å²) in [6.07, 6.45) is -3.05. The van der Waals surface area contributed by atoms with Crippen molar-refractivity contribution < 1.29 is 29.0 Å². The van der Waals surface area contributed by atoms with Crippen LogP contribution in [0.1, 0.15) is 27.2 Å². The predicted molar refractivity (Wildman–Crippen MR) is 83.8 cm³/mol. The first-order chi connectivity index (χ1) is 10.5. The first kappa shape index (κ1) is 18.3. The number of aliphatic hydroxyl groups is 2. The monoisotopic (exact) mass is 346 g/mol. The minimum Gasteiger partial charge on any atom is -0.411 e. The molecule has 2 fully saturated rings. The smallest absolute Gasteiger partial charge is 0.328 e. The topological polar surface area (TPSA) is 108 Å². The molecule has 0 aromatic heterocycles. The zero-order chi connectivity index (χ0) is 17.6. The maximum Gasteiger partial charge on any atom is 0.328 e. The lowest BCUT2D eigenvalue weighted by atomic mass is 10.2. The van der Waals surface area contributed by atoms with Gasteiger partial charge in [0.1, 0.15) is 12.3 Å². The van der Waals surface area contributed by atoms with Gasteiger partial charge in [0.2, 0.25) is 6.23 Å². The first-order valence-corrected chi connectivity index (χ1v) is 10.6. The fourth-order valence-corrected chi connectivity index (χ4v) is 3.83. The molecule has 9 heteroatoms. The van der Waals surface area contributed by atoms with E-state index in [1.807, 2.05) is 5.32 Å². The van der Waals surface area contributed by atoms with E-state index in [1.54, 1.807) is 0 Å². The molecule has 2 saturated heterocycles. The van der Waals surface area contributed by atoms with Gasteiger partial charge in [-0.3, -0.25) is 15.0 Å². The Balaban J connectivity index is 2.12. The van der Waals surface area contributed by atoms with Gasteiger partial charge in [0.15, 0.2) is 8.32 Å². The van der Waals surface area contributed by atoms with Crippen molar-refractivity contribution in [1.29, 1.82) is 0 Å². The van der Waals surface area contributed by atoms with Gasteiger partial charge in [-0.05, 0) is 18.1 Å². The first-order valence-electron chi connectivity index (χ1n) is 7.73. The molecule has 2 rings (SSSR count). The standard InChI is InChI=1S/C14H26N2O6Si/c1-14(2,3)23(4,5)22-8-6-10(21-9(8)7-17)16-12(19)11(18)15-13(16)20/h8-10,12,17,19H,6-7H2,1-5H3,(H,15,18,20)/t8-,9+,10+,12?/m0/s1. The third-order valence-electron chi connectivity index (χ3n) is 4.89. The highest BCUT2D eigenvalue weighted by molar-refractivity contribution is 6.74. The van der Waals surface area contributed by atoms with Crippen LogP contribution in [0.25, 0.3) is 0 Å². The summed E-state index contributed by atoms with van der Waals surface area (Å²) >= 11 is 0. The van der Waals surface area contributed by atoms with Crippen LogP contribution < -0.4 is 5.32 Å². The van der Waals surface area contributed by atoms with Gasteiger partial charge >= 0.3 is 6.03 Å². The number of hydrogen-bond donors (Lipinski definition) is 3. The van der Waals surface area contributed by atoms with E-state index in [0.29, 0.717) is 6.42 Å². The largest absolute Gasteiger partial charge is 0.411 e. The molecule has 0 spiro atoms. The van der Waals surface area contributed by atoms with Crippen LogP contribution in [-0.2, 0) is 14.0 Å². The van der Waals surface area contributed by atoms with Gasteiger partial charge in [0.25, 0.3) is 5.91 Å². The summed E-state index contributed by atoms with van der Waals surface area (Å²) in [5.74, 6) is -0.770. The quantitative estimate of drug-likeness (QED) is 0.501. The van der Waals surface area contributed by atoms with E-state index in [0.717, 1.165) is 4.90 Å². The number of ether oxygens (including phenoxy) is 1. The molecule has 3 amide bonds. The van der Waals surface area contributed by atoms with Crippen LogP contribution in [0, 0.1) is 0 Å². The average Bonchev–Trinajstić information content (AvgIpc) is 2.89. The molecule has 2 aliphatic rings. The Hall–Kier alpha value is -1.00. The number of hydrogen-bond acceptors (Lipinski definition) is 6. The van der Waals surface area contributed by atoms with Crippen molar-refractivity contribution >= 4 is 20.3 Å². The van der Waals surface area contributed by atoms with Crippen LogP contribution >= 0.6 is 0 Å². The van der Waals surface area contributed by atoms with E-state index in [4.69, 9.17) is 9.16 Å². The summed E-state index contributed by atoms with van der Waals surface area (Å²) in [6.45, 7) is 10.3. The number of carbonyl (C=O) groups is 2. The molecule has 0 aliphatic carbocycles. The lowest BCUT2D eigenvalue weighted by Crippen LogP contribution is -2.46. The molecule has 0 bridgehead atoms. The minimum absolute atomic E-state index is 0.00834. The Bertz CT molecular complexity index is 492. The summed E-state index contributed by atoms with van der Waals surface area (Å²) in [4.78, 5) is 24.1. The van der Waals surface area contributed by atoms with E-state index in [9.17, 15) is 19.8 Å². The van der Waals surface area contributed by atoms with Crippen LogP contribution in [0.2, 0.25) is 18.1 Å². The molecule has 1 unspecified atom stereocenters. The highest BCUT2D eigenvalue weighted by Crippen LogP contribution is 2.40. The van der Waals surface area contributed by atoms with Crippen molar-refractivity contribution in [2.45, 2.75) is 70.0 Å². The van der Waals surface area contributed by atoms with Crippen molar-refractivity contribution in [2.24, 2.45) is 0 Å². The Kier molecular flexibility index (Phi) is 4.89. The molecule has 132 valence electrons. The van der Waals surface area contributed by atoms with Gasteiger partial charge in [-0.25, -0.2) is 4.79 Å². The zero-order valence-corrected chi connectivity index (χ0v) is 15.2. The molecule has 0 radical (unpaired) electrons. The van der Waals surface area contributed by atoms with Crippen molar-refractivity contribution in [3.8, 4) is 0 Å². The van der Waals surface area contributed by atoms with E-state index >= 15 is 0 Å². The summed E-state index contributed by atoms with van der Waals surface area (Å²) in [5.41, 5.74) is 0. The normalized spacial score (nSPS) is 32.6. The lowest BCUT2D eigenvalue weighted by molar-refractivity contribution is -0.140. The Morgan fingerprint density at radius 1 is 1.39 bits per heavy atom. The van der Waals surface area contributed by atoms with Gasteiger partial charge in [0, 0.05) is 6.42 Å². The zero-order valence-electron chi connectivity index (χ0n) is 14.2. The molecular formula is C14H26N2O6Si. The van der Waals surface area contributed by atoms with Gasteiger partial charge in [-0.15, -0.1) is 0 Å². The van der Waals surface area contributed by atoms with Crippen molar-refractivity contribution in [3.05, 3.63) is 0 Å². The van der Waals surface area contributed by atoms with E-state index < -0.39 is 38.8 Å². The highest BCUT2D eigenvalue weighted by Gasteiger charge is 2.50. The van der Waals surface area contributed by atoms with Gasteiger partial charge in [0.05, 0.1) is 12.7 Å². The number of imide groups is 1. The van der Waals surface area contributed by atoms with Crippen LogP contribution in [0.3, 0.4) is 0 Å². The Labute approximate surface area is 136 Å². The number of nitrogens with zero attached hydrogens (tertiary/aromatic N) is 1. The van der Waals surface area contributed by atoms with E-state index in [-0.39, 0.29) is 17.7 Å². The summed E-state index contributed by atoms with van der Waals surface area (Å²) < 4.78 is 11.9. The summed E-state index contributed by atoms with van der Waals surface area (Å²) in [6, 6.07) is -0.697. The third kappa shape index (κ3) is 3.43. The molecule has 4 atom stereocenters. The van der Waals surface area contributed by atoms with Crippen molar-refractivity contribution in [1.82, 2.24) is 10.2 Å². The second-order valence-electron chi connectivity index (χ2n) is 7.54. The number of amides is 3. The number of urea groups is 1. The molecular weight excluding hydrogens is 320 g/mol. The maximum atomic E-state index is 11.8. The lowest BCUT2D eigenvalue weighted by Gasteiger charge is -2.39. The number of rotatable bonds is 4.